The topological polar surface area (TPSA) is 59.9 Å². The van der Waals surface area contributed by atoms with Crippen molar-refractivity contribution in [3.8, 4) is 0 Å². The molecule has 4 N–H and O–H groups in total. The van der Waals surface area contributed by atoms with Crippen LogP contribution in [-0.2, 0) is 0 Å². The highest BCUT2D eigenvalue weighted by Gasteiger charge is 2.54. The molecule has 2 heterocycles. The molecule has 3 aliphatic rings. The van der Waals surface area contributed by atoms with E-state index in [4.69, 9.17) is 5.41 Å². The zero-order chi connectivity index (χ0) is 15.2. The summed E-state index contributed by atoms with van der Waals surface area (Å²) in [6, 6.07) is 0.968. The van der Waals surface area contributed by atoms with Gasteiger partial charge < -0.3 is 16.0 Å². The molecule has 0 aromatic heterocycles. The Labute approximate surface area is 125 Å². The standard InChI is InChI=1S/C16H25FN4/c1-9-4-5-11(7-19-9)21-10(2)14-12(8-20-15(14)18)13-6-16(13,3)17/h8-9,11,13,19,21H,4-7H2,1-3H3,(H2,18,20)/b14-10+/t9-,11+,13+,16?/m0/s1. The molecule has 0 amide bonds. The fourth-order valence-electron chi connectivity index (χ4n) is 3.39. The van der Waals surface area contributed by atoms with E-state index < -0.39 is 5.67 Å². The molecule has 116 valence electrons. The lowest BCUT2D eigenvalue weighted by atomic mass is 9.98. The summed E-state index contributed by atoms with van der Waals surface area (Å²) in [5.74, 6) is 0.318. The highest BCUT2D eigenvalue weighted by atomic mass is 19.1. The van der Waals surface area contributed by atoms with Crippen LogP contribution in [0.2, 0.25) is 0 Å². The van der Waals surface area contributed by atoms with Crippen LogP contribution in [0.4, 0.5) is 4.39 Å². The van der Waals surface area contributed by atoms with Gasteiger partial charge in [-0.3, -0.25) is 5.41 Å². The van der Waals surface area contributed by atoms with Gasteiger partial charge in [0.15, 0.2) is 0 Å². The summed E-state index contributed by atoms with van der Waals surface area (Å²) in [5.41, 5.74) is 1.69. The average molecular weight is 292 g/mol. The predicted octanol–water partition coefficient (Wildman–Crippen LogP) is 2.20. The Morgan fingerprint density at radius 3 is 2.76 bits per heavy atom. The van der Waals surface area contributed by atoms with Gasteiger partial charge in [0.05, 0.1) is 0 Å². The number of allylic oxidation sites excluding steroid dienone is 1. The Morgan fingerprint density at radius 1 is 1.48 bits per heavy atom. The maximum Gasteiger partial charge on any atom is 0.131 e. The van der Waals surface area contributed by atoms with Crippen LogP contribution < -0.4 is 16.0 Å². The summed E-state index contributed by atoms with van der Waals surface area (Å²) in [5, 5.41) is 18.0. The van der Waals surface area contributed by atoms with Gasteiger partial charge in [0.25, 0.3) is 0 Å². The van der Waals surface area contributed by atoms with Crippen molar-refractivity contribution in [3.63, 3.8) is 0 Å². The predicted molar refractivity (Wildman–Crippen MR) is 82.9 cm³/mol. The number of piperidine rings is 1. The van der Waals surface area contributed by atoms with Crippen LogP contribution >= 0.6 is 0 Å². The van der Waals surface area contributed by atoms with E-state index in [1.165, 1.54) is 0 Å². The number of halogens is 1. The molecule has 1 saturated heterocycles. The molecule has 0 spiro atoms. The van der Waals surface area contributed by atoms with Crippen LogP contribution in [-0.4, -0.2) is 30.1 Å². The van der Waals surface area contributed by atoms with E-state index in [0.29, 0.717) is 24.3 Å². The molecule has 4 nitrogen and oxygen atoms in total. The van der Waals surface area contributed by atoms with Crippen molar-refractivity contribution in [2.75, 3.05) is 6.54 Å². The molecule has 5 heteroatoms. The first-order valence-electron chi connectivity index (χ1n) is 7.84. The number of rotatable bonds is 3. The first-order chi connectivity index (χ1) is 9.88. The first kappa shape index (κ1) is 14.6. The quantitative estimate of drug-likeness (QED) is 0.645. The van der Waals surface area contributed by atoms with E-state index in [9.17, 15) is 4.39 Å². The van der Waals surface area contributed by atoms with Crippen LogP contribution in [0.5, 0.6) is 0 Å². The minimum Gasteiger partial charge on any atom is -0.384 e. The average Bonchev–Trinajstić information content (AvgIpc) is 2.88. The molecule has 0 bridgehead atoms. The van der Waals surface area contributed by atoms with E-state index in [2.05, 4.69) is 22.9 Å². The molecule has 2 fully saturated rings. The molecule has 0 aromatic rings. The molecule has 2 aliphatic heterocycles. The fourth-order valence-corrected chi connectivity index (χ4v) is 3.39. The summed E-state index contributed by atoms with van der Waals surface area (Å²) in [7, 11) is 0. The van der Waals surface area contributed by atoms with E-state index in [1.807, 2.05) is 6.92 Å². The molecule has 3 rings (SSSR count). The maximum absolute atomic E-state index is 14.0. The third-order valence-electron chi connectivity index (χ3n) is 4.91. The first-order valence-corrected chi connectivity index (χ1v) is 7.84. The Kier molecular flexibility index (Phi) is 3.56. The molecule has 21 heavy (non-hydrogen) atoms. The molecule has 1 saturated carbocycles. The van der Waals surface area contributed by atoms with Crippen LogP contribution in [0.3, 0.4) is 0 Å². The minimum absolute atomic E-state index is 0.0656. The van der Waals surface area contributed by atoms with Crippen LogP contribution in [0.15, 0.2) is 23.0 Å². The Bertz CT molecular complexity index is 512. The normalized spacial score (nSPS) is 41.4. The van der Waals surface area contributed by atoms with Crippen LogP contribution in [0.25, 0.3) is 0 Å². The molecule has 0 radical (unpaired) electrons. The molecule has 0 aromatic carbocycles. The number of amidine groups is 1. The van der Waals surface area contributed by atoms with Crippen molar-refractivity contribution in [1.29, 1.82) is 5.41 Å². The zero-order valence-electron chi connectivity index (χ0n) is 13.0. The van der Waals surface area contributed by atoms with E-state index in [-0.39, 0.29) is 5.92 Å². The minimum atomic E-state index is -1.11. The van der Waals surface area contributed by atoms with E-state index in [1.54, 1.807) is 13.1 Å². The lowest BCUT2D eigenvalue weighted by molar-refractivity contribution is 0.320. The van der Waals surface area contributed by atoms with Crippen molar-refractivity contribution >= 4 is 5.84 Å². The van der Waals surface area contributed by atoms with Gasteiger partial charge in [-0.25, -0.2) is 4.39 Å². The SMILES string of the molecule is C/C(N[C@@H]1CC[C@H](C)NC1)=C1\C(=N)NC=C1[C@H]1CC1(C)F. The van der Waals surface area contributed by atoms with Crippen molar-refractivity contribution in [2.24, 2.45) is 5.92 Å². The van der Waals surface area contributed by atoms with Crippen molar-refractivity contribution in [3.05, 3.63) is 23.0 Å². The Morgan fingerprint density at radius 2 is 2.19 bits per heavy atom. The van der Waals surface area contributed by atoms with E-state index in [0.717, 1.165) is 36.2 Å². The largest absolute Gasteiger partial charge is 0.384 e. The lowest BCUT2D eigenvalue weighted by Crippen LogP contribution is -2.46. The highest BCUT2D eigenvalue weighted by molar-refractivity contribution is 6.04. The Hall–Kier alpha value is -1.36. The van der Waals surface area contributed by atoms with Gasteiger partial charge in [0.2, 0.25) is 0 Å². The highest BCUT2D eigenvalue weighted by Crippen LogP contribution is 2.53. The van der Waals surface area contributed by atoms with Gasteiger partial charge >= 0.3 is 0 Å². The van der Waals surface area contributed by atoms with E-state index >= 15 is 0 Å². The molecule has 4 atom stereocenters. The number of nitrogens with one attached hydrogen (secondary N) is 4. The molecular weight excluding hydrogens is 267 g/mol. The summed E-state index contributed by atoms with van der Waals surface area (Å²) in [6.45, 7) is 6.79. The molecule has 1 aliphatic carbocycles. The molecular formula is C16H25FN4. The van der Waals surface area contributed by atoms with Crippen molar-refractivity contribution < 1.29 is 4.39 Å². The van der Waals surface area contributed by atoms with Crippen molar-refractivity contribution in [2.45, 2.75) is 57.8 Å². The fraction of sp³-hybridized carbons (Fsp3) is 0.688. The van der Waals surface area contributed by atoms with Gasteiger partial charge in [-0.2, -0.15) is 0 Å². The maximum atomic E-state index is 14.0. The van der Waals surface area contributed by atoms with Crippen molar-refractivity contribution in [1.82, 2.24) is 16.0 Å². The third kappa shape index (κ3) is 2.84. The van der Waals surface area contributed by atoms with Crippen LogP contribution in [0.1, 0.15) is 40.0 Å². The van der Waals surface area contributed by atoms with Gasteiger partial charge in [-0.15, -0.1) is 0 Å². The van der Waals surface area contributed by atoms with Gasteiger partial charge in [-0.05, 0) is 45.6 Å². The molecule has 1 unspecified atom stereocenters. The second-order valence-corrected chi connectivity index (χ2v) is 6.88. The van der Waals surface area contributed by atoms with Crippen LogP contribution in [0, 0.1) is 11.3 Å². The third-order valence-corrected chi connectivity index (χ3v) is 4.91. The zero-order valence-corrected chi connectivity index (χ0v) is 13.0. The van der Waals surface area contributed by atoms with Gasteiger partial charge in [0.1, 0.15) is 11.5 Å². The number of alkyl halides is 1. The van der Waals surface area contributed by atoms with Gasteiger partial charge in [0, 0.05) is 42.0 Å². The summed E-state index contributed by atoms with van der Waals surface area (Å²) in [6.07, 6.45) is 4.65. The smallest absolute Gasteiger partial charge is 0.131 e. The summed E-state index contributed by atoms with van der Waals surface area (Å²) < 4.78 is 14.0. The number of hydrogen-bond donors (Lipinski definition) is 4. The lowest BCUT2D eigenvalue weighted by Gasteiger charge is -2.30. The monoisotopic (exact) mass is 292 g/mol. The number of hydrogen-bond acceptors (Lipinski definition) is 3. The summed E-state index contributed by atoms with van der Waals surface area (Å²) >= 11 is 0. The second-order valence-electron chi connectivity index (χ2n) is 6.88. The second kappa shape index (κ2) is 5.13. The Balaban J connectivity index is 1.73. The summed E-state index contributed by atoms with van der Waals surface area (Å²) in [4.78, 5) is 0. The van der Waals surface area contributed by atoms with Gasteiger partial charge in [-0.1, -0.05) is 0 Å².